The Bertz CT molecular complexity index is 906. The van der Waals surface area contributed by atoms with E-state index in [0.29, 0.717) is 17.2 Å². The molecule has 0 unspecified atom stereocenters. The van der Waals surface area contributed by atoms with Gasteiger partial charge >= 0.3 is 6.03 Å². The van der Waals surface area contributed by atoms with Crippen LogP contribution in [0.1, 0.15) is 6.92 Å². The van der Waals surface area contributed by atoms with E-state index in [1.54, 1.807) is 25.1 Å². The Morgan fingerprint density at radius 3 is 2.93 bits per heavy atom. The van der Waals surface area contributed by atoms with Crippen LogP contribution < -0.4 is 26.4 Å². The fourth-order valence-corrected chi connectivity index (χ4v) is 2.36. The maximum atomic E-state index is 12.4. The summed E-state index contributed by atoms with van der Waals surface area (Å²) in [6, 6.07) is 6.21. The lowest BCUT2D eigenvalue weighted by atomic mass is 10.2. The van der Waals surface area contributed by atoms with Gasteiger partial charge < -0.3 is 30.8 Å². The topological polar surface area (TPSA) is 144 Å². The second kappa shape index (κ2) is 7.60. The fraction of sp³-hybridized carbons (Fsp3) is 0.176. The molecule has 0 saturated carbocycles. The first-order valence-corrected chi connectivity index (χ1v) is 8.02. The third kappa shape index (κ3) is 4.06. The molecule has 3 amide bonds. The van der Waals surface area contributed by atoms with Crippen LogP contribution in [0.5, 0.6) is 5.75 Å². The number of hydrogen-bond acceptors (Lipinski definition) is 7. The van der Waals surface area contributed by atoms with E-state index >= 15 is 0 Å². The maximum Gasteiger partial charge on any atom is 0.323 e. The highest BCUT2D eigenvalue weighted by molar-refractivity contribution is 6.00. The van der Waals surface area contributed by atoms with Crippen LogP contribution in [0.15, 0.2) is 58.7 Å². The van der Waals surface area contributed by atoms with Crippen molar-refractivity contribution in [2.24, 2.45) is 5.73 Å². The molecule has 5 N–H and O–H groups in total. The lowest BCUT2D eigenvalue weighted by Gasteiger charge is -2.22. The molecule has 1 aromatic carbocycles. The molecule has 140 valence electrons. The van der Waals surface area contributed by atoms with Gasteiger partial charge in [0.25, 0.3) is 11.8 Å². The number of nitrogens with two attached hydrogens (primary N) is 1. The SMILES string of the molecule is C=C1NC(=O)NC(C(=O)N[C@H](C)COc2ccccc2-c2nnco2)=C1N. The normalized spacial score (nSPS) is 15.0. The predicted octanol–water partition coefficient (Wildman–Crippen LogP) is 0.617. The average molecular weight is 370 g/mol. The Labute approximate surface area is 154 Å². The van der Waals surface area contributed by atoms with Crippen LogP contribution in [0.25, 0.3) is 11.5 Å². The van der Waals surface area contributed by atoms with Gasteiger partial charge in [0.15, 0.2) is 0 Å². The van der Waals surface area contributed by atoms with Crippen LogP contribution in [-0.2, 0) is 4.79 Å². The van der Waals surface area contributed by atoms with Gasteiger partial charge in [0.1, 0.15) is 18.1 Å². The van der Waals surface area contributed by atoms with Crippen LogP contribution >= 0.6 is 0 Å². The number of aromatic nitrogens is 2. The van der Waals surface area contributed by atoms with Crippen molar-refractivity contribution >= 4 is 11.9 Å². The minimum atomic E-state index is -0.572. The summed E-state index contributed by atoms with van der Waals surface area (Å²) >= 11 is 0. The Balaban J connectivity index is 1.63. The predicted molar refractivity (Wildman–Crippen MR) is 94.9 cm³/mol. The number of rotatable bonds is 6. The molecule has 0 saturated heterocycles. The van der Waals surface area contributed by atoms with E-state index < -0.39 is 11.9 Å². The van der Waals surface area contributed by atoms with Crippen LogP contribution in [0, 0.1) is 0 Å². The summed E-state index contributed by atoms with van der Waals surface area (Å²) in [6.07, 6.45) is 1.23. The van der Waals surface area contributed by atoms with E-state index in [1.165, 1.54) is 6.39 Å². The van der Waals surface area contributed by atoms with E-state index in [2.05, 4.69) is 32.7 Å². The number of amides is 3. The standard InChI is InChI=1S/C17H18N6O4/c1-9(20-15(24)14-13(18)10(2)21-17(25)22-14)7-26-12-6-4-3-5-11(12)16-23-19-8-27-16/h3-6,8-9H,2,7,18H2,1H3,(H,20,24)(H2,21,22,25)/t9-/m1/s1. The molecule has 0 fully saturated rings. The van der Waals surface area contributed by atoms with Crippen molar-refractivity contribution in [3.63, 3.8) is 0 Å². The van der Waals surface area contributed by atoms with Gasteiger partial charge in [-0.15, -0.1) is 10.2 Å². The molecule has 2 heterocycles. The monoisotopic (exact) mass is 370 g/mol. The summed E-state index contributed by atoms with van der Waals surface area (Å²) < 4.78 is 11.0. The van der Waals surface area contributed by atoms with Crippen molar-refractivity contribution in [2.45, 2.75) is 13.0 Å². The Morgan fingerprint density at radius 1 is 1.41 bits per heavy atom. The van der Waals surface area contributed by atoms with Crippen molar-refractivity contribution in [1.82, 2.24) is 26.1 Å². The van der Waals surface area contributed by atoms with Gasteiger partial charge in [0.2, 0.25) is 6.39 Å². The molecule has 0 bridgehead atoms. The third-order valence-corrected chi connectivity index (χ3v) is 3.67. The molecule has 1 aromatic heterocycles. The number of nitrogens with one attached hydrogen (secondary N) is 3. The van der Waals surface area contributed by atoms with Gasteiger partial charge in [-0.1, -0.05) is 18.7 Å². The van der Waals surface area contributed by atoms with Crippen LogP contribution in [-0.4, -0.2) is 34.8 Å². The highest BCUT2D eigenvalue weighted by atomic mass is 16.5. The van der Waals surface area contributed by atoms with E-state index in [9.17, 15) is 9.59 Å². The number of ether oxygens (including phenoxy) is 1. The van der Waals surface area contributed by atoms with Crippen molar-refractivity contribution in [3.05, 3.63) is 54.3 Å². The van der Waals surface area contributed by atoms with Crippen LogP contribution in [0.3, 0.4) is 0 Å². The molecule has 0 radical (unpaired) electrons. The Morgan fingerprint density at radius 2 is 2.19 bits per heavy atom. The smallest absolute Gasteiger partial charge is 0.323 e. The van der Waals surface area contributed by atoms with E-state index in [1.807, 2.05) is 6.07 Å². The number of hydrogen-bond donors (Lipinski definition) is 4. The fourth-order valence-electron chi connectivity index (χ4n) is 2.36. The molecule has 1 atom stereocenters. The second-order valence-corrected chi connectivity index (χ2v) is 5.77. The summed E-state index contributed by atoms with van der Waals surface area (Å²) in [7, 11) is 0. The zero-order valence-corrected chi connectivity index (χ0v) is 14.5. The first-order chi connectivity index (χ1) is 13.0. The summed E-state index contributed by atoms with van der Waals surface area (Å²) in [4.78, 5) is 23.8. The van der Waals surface area contributed by atoms with Crippen molar-refractivity contribution in [2.75, 3.05) is 6.61 Å². The molecular formula is C17H18N6O4. The largest absolute Gasteiger partial charge is 0.491 e. The first-order valence-electron chi connectivity index (χ1n) is 8.02. The molecule has 10 nitrogen and oxygen atoms in total. The van der Waals surface area contributed by atoms with Crippen molar-refractivity contribution in [3.8, 4) is 17.2 Å². The van der Waals surface area contributed by atoms with Gasteiger partial charge in [0.05, 0.1) is 23.0 Å². The van der Waals surface area contributed by atoms with Gasteiger partial charge in [-0.3, -0.25) is 4.79 Å². The summed E-state index contributed by atoms with van der Waals surface area (Å²) in [6.45, 7) is 5.50. The highest BCUT2D eigenvalue weighted by Gasteiger charge is 2.24. The number of benzene rings is 1. The van der Waals surface area contributed by atoms with E-state index in [4.69, 9.17) is 14.9 Å². The lowest BCUT2D eigenvalue weighted by molar-refractivity contribution is -0.118. The molecule has 0 spiro atoms. The first kappa shape index (κ1) is 18.0. The summed E-state index contributed by atoms with van der Waals surface area (Å²) in [5, 5.41) is 15.0. The molecule has 10 heteroatoms. The summed E-state index contributed by atoms with van der Waals surface area (Å²) in [5.74, 6) is 0.325. The van der Waals surface area contributed by atoms with Gasteiger partial charge in [-0.25, -0.2) is 4.79 Å². The maximum absolute atomic E-state index is 12.4. The van der Waals surface area contributed by atoms with Crippen molar-refractivity contribution < 1.29 is 18.7 Å². The third-order valence-electron chi connectivity index (χ3n) is 3.67. The summed E-state index contributed by atoms with van der Waals surface area (Å²) in [5.41, 5.74) is 6.61. The minimum absolute atomic E-state index is 0.0538. The number of carbonyl (C=O) groups excluding carboxylic acids is 2. The number of carbonyl (C=O) groups is 2. The van der Waals surface area contributed by atoms with Gasteiger partial charge in [-0.05, 0) is 19.1 Å². The molecule has 1 aliphatic rings. The quantitative estimate of drug-likeness (QED) is 0.583. The van der Waals surface area contributed by atoms with Crippen molar-refractivity contribution in [1.29, 1.82) is 0 Å². The Kier molecular flexibility index (Phi) is 5.06. The lowest BCUT2D eigenvalue weighted by Crippen LogP contribution is -2.49. The van der Waals surface area contributed by atoms with Crippen LogP contribution in [0.2, 0.25) is 0 Å². The molecular weight excluding hydrogens is 352 g/mol. The second-order valence-electron chi connectivity index (χ2n) is 5.77. The molecule has 0 aliphatic carbocycles. The van der Waals surface area contributed by atoms with Gasteiger partial charge in [-0.2, -0.15) is 0 Å². The van der Waals surface area contributed by atoms with E-state index in [0.717, 1.165) is 0 Å². The van der Waals surface area contributed by atoms with Gasteiger partial charge in [0, 0.05) is 0 Å². The zero-order chi connectivity index (χ0) is 19.4. The number of para-hydroxylation sites is 1. The highest BCUT2D eigenvalue weighted by Crippen LogP contribution is 2.27. The molecule has 2 aromatic rings. The molecule has 27 heavy (non-hydrogen) atoms. The zero-order valence-electron chi connectivity index (χ0n) is 14.5. The molecule has 1 aliphatic heterocycles. The number of nitrogens with zero attached hydrogens (tertiary/aromatic N) is 2. The number of urea groups is 1. The molecule has 3 rings (SSSR count). The minimum Gasteiger partial charge on any atom is -0.491 e. The average Bonchev–Trinajstić information content (AvgIpc) is 3.17. The Hall–Kier alpha value is -3.82. The van der Waals surface area contributed by atoms with Crippen LogP contribution in [0.4, 0.5) is 4.79 Å². The van der Waals surface area contributed by atoms with E-state index in [-0.39, 0.29) is 29.7 Å².